The van der Waals surface area contributed by atoms with E-state index < -0.39 is 23.1 Å². The van der Waals surface area contributed by atoms with Crippen LogP contribution in [0.25, 0.3) is 21.8 Å². The number of aromatic nitrogens is 2. The number of pyridine rings is 2. The van der Waals surface area contributed by atoms with E-state index in [2.05, 4.69) is 34.2 Å². The Hall–Kier alpha value is -5.37. The molecule has 10 rings (SSSR count). The van der Waals surface area contributed by atoms with Crippen LogP contribution in [0.3, 0.4) is 0 Å². The molecule has 0 saturated carbocycles. The molecule has 2 aromatic heterocycles. The van der Waals surface area contributed by atoms with Crippen molar-refractivity contribution >= 4 is 44.9 Å². The molecule has 3 fully saturated rings. The van der Waals surface area contributed by atoms with E-state index in [1.54, 1.807) is 48.8 Å². The van der Waals surface area contributed by atoms with Crippen LogP contribution in [0.2, 0.25) is 0 Å². The van der Waals surface area contributed by atoms with E-state index in [1.807, 2.05) is 12.1 Å². The quantitative estimate of drug-likeness (QED) is 0.174. The van der Waals surface area contributed by atoms with Crippen LogP contribution in [0.1, 0.15) is 80.0 Å². The maximum Gasteiger partial charge on any atom is 2.00 e. The summed E-state index contributed by atoms with van der Waals surface area (Å²) in [5.74, 6) is -3.45. The first-order chi connectivity index (χ1) is 26.8. The Morgan fingerprint density at radius 1 is 0.429 bits per heavy atom. The Morgan fingerprint density at radius 3 is 1.05 bits per heavy atom. The monoisotopic (exact) mass is 801 g/mol. The molecule has 3 saturated heterocycles. The normalized spacial score (nSPS) is 16.2. The smallest absolute Gasteiger partial charge is 0.870 e. The summed E-state index contributed by atoms with van der Waals surface area (Å²) in [4.78, 5) is 53.6. The molecular weight excluding hydrogens is 759 g/mol. The van der Waals surface area contributed by atoms with E-state index in [0.29, 0.717) is 11.1 Å². The molecule has 0 unspecified atom stereocenters. The van der Waals surface area contributed by atoms with Gasteiger partial charge in [0.1, 0.15) is 0 Å². The number of nitrogens with zero attached hydrogens (tertiary/aromatic N) is 2. The summed E-state index contributed by atoms with van der Waals surface area (Å²) >= 11 is 0. The van der Waals surface area contributed by atoms with Crippen molar-refractivity contribution in [2.24, 2.45) is 0 Å². The number of allylic oxidation sites excluding steroid dienone is 4. The molecule has 5 aliphatic rings. The van der Waals surface area contributed by atoms with Crippen molar-refractivity contribution in [3.63, 3.8) is 0 Å². The molecule has 3 aliphatic heterocycles. The zero-order valence-corrected chi connectivity index (χ0v) is 31.8. The van der Waals surface area contributed by atoms with Gasteiger partial charge in [-0.15, -0.1) is 0 Å². The summed E-state index contributed by atoms with van der Waals surface area (Å²) in [6.07, 6.45) is 12.9. The maximum atomic E-state index is 11.2. The minimum Gasteiger partial charge on any atom is -0.870 e. The first kappa shape index (κ1) is 43.4. The van der Waals surface area contributed by atoms with Crippen LogP contribution in [0.4, 0.5) is 0 Å². The van der Waals surface area contributed by atoms with Crippen molar-refractivity contribution < 1.29 is 60.4 Å². The fourth-order valence-electron chi connectivity index (χ4n) is 5.79. The third kappa shape index (κ3) is 12.3. The molecule has 2 aliphatic carbocycles. The molecular formula is C44H42CoN2O9. The summed E-state index contributed by atoms with van der Waals surface area (Å²) in [6, 6.07) is 24.8. The number of ketones is 4. The Kier molecular flexibility index (Phi) is 17.7. The molecule has 0 spiro atoms. The molecule has 5 heterocycles. The van der Waals surface area contributed by atoms with E-state index in [4.69, 9.17) is 14.2 Å². The fraction of sp³-hybridized carbons (Fsp3) is 0.273. The minimum atomic E-state index is -0.733. The van der Waals surface area contributed by atoms with E-state index in [9.17, 15) is 29.4 Å². The summed E-state index contributed by atoms with van der Waals surface area (Å²) in [5.41, 5.74) is 3.00. The van der Waals surface area contributed by atoms with Crippen molar-refractivity contribution in [1.29, 1.82) is 0 Å². The van der Waals surface area contributed by atoms with Gasteiger partial charge in [-0.25, -0.2) is 0 Å². The second kappa shape index (κ2) is 22.9. The molecule has 0 N–H and O–H groups in total. The van der Waals surface area contributed by atoms with E-state index in [-0.39, 0.29) is 39.5 Å². The second-order valence-electron chi connectivity index (χ2n) is 12.7. The molecule has 11 nitrogen and oxygen atoms in total. The molecule has 5 aromatic rings. The second-order valence-corrected chi connectivity index (χ2v) is 12.7. The molecule has 0 atom stereocenters. The number of Topliss-reactive ketones (excluding diaryl/α,β-unsaturated/α-hetero) is 2. The van der Waals surface area contributed by atoms with Crippen molar-refractivity contribution in [3.05, 3.63) is 143 Å². The predicted molar refractivity (Wildman–Crippen MR) is 204 cm³/mol. The van der Waals surface area contributed by atoms with Gasteiger partial charge in [0.25, 0.3) is 0 Å². The van der Waals surface area contributed by atoms with E-state index in [1.165, 1.54) is 50.7 Å². The maximum absolute atomic E-state index is 11.2. The van der Waals surface area contributed by atoms with Crippen LogP contribution < -0.4 is 10.2 Å². The van der Waals surface area contributed by atoms with Crippen molar-refractivity contribution in [2.75, 3.05) is 39.6 Å². The van der Waals surface area contributed by atoms with Crippen LogP contribution >= 0.6 is 0 Å². The van der Waals surface area contributed by atoms with Gasteiger partial charge in [0.15, 0.2) is 23.1 Å². The van der Waals surface area contributed by atoms with Crippen LogP contribution in [-0.2, 0) is 31.0 Å². The van der Waals surface area contributed by atoms with Gasteiger partial charge >= 0.3 is 16.8 Å². The molecule has 0 amide bonds. The Bertz CT molecular complexity index is 1990. The summed E-state index contributed by atoms with van der Waals surface area (Å²) in [7, 11) is 0. The van der Waals surface area contributed by atoms with Crippen LogP contribution in [0.5, 0.6) is 0 Å². The van der Waals surface area contributed by atoms with Crippen LogP contribution in [-0.4, -0.2) is 72.7 Å². The van der Waals surface area contributed by atoms with Gasteiger partial charge in [-0.05, 0) is 62.8 Å². The molecule has 3 aromatic carbocycles. The van der Waals surface area contributed by atoms with Crippen molar-refractivity contribution in [1.82, 2.24) is 9.97 Å². The van der Waals surface area contributed by atoms with Gasteiger partial charge in [0.05, 0.1) is 11.0 Å². The Balaban J connectivity index is 0.000000156. The summed E-state index contributed by atoms with van der Waals surface area (Å²) in [6.45, 7) is 6.00. The number of hydrogen-bond donors (Lipinski definition) is 0. The molecule has 0 bridgehead atoms. The van der Waals surface area contributed by atoms with Gasteiger partial charge in [-0.2, -0.15) is 0 Å². The largest absolute Gasteiger partial charge is 2.00 e. The minimum absolute atomic E-state index is 0. The van der Waals surface area contributed by atoms with Gasteiger partial charge < -0.3 is 24.4 Å². The number of fused-ring (bicyclic) bond motifs is 5. The topological polar surface area (TPSA) is 168 Å². The number of hydrogen-bond acceptors (Lipinski definition) is 11. The number of rotatable bonds is 0. The Morgan fingerprint density at radius 2 is 0.750 bits per heavy atom. The van der Waals surface area contributed by atoms with E-state index >= 15 is 0 Å². The number of ether oxygens (including phenoxy) is 3. The molecule has 1 radical (unpaired) electrons. The van der Waals surface area contributed by atoms with Crippen LogP contribution in [0.15, 0.2) is 121 Å². The third-order valence-corrected chi connectivity index (χ3v) is 8.67. The van der Waals surface area contributed by atoms with Gasteiger partial charge in [-0.3, -0.25) is 29.1 Å². The van der Waals surface area contributed by atoms with Gasteiger partial charge in [0.2, 0.25) is 0 Å². The zero-order chi connectivity index (χ0) is 38.8. The van der Waals surface area contributed by atoms with Crippen LogP contribution in [0, 0.1) is 0 Å². The van der Waals surface area contributed by atoms with E-state index in [0.717, 1.165) is 73.6 Å². The SMILES string of the molecule is C1CCOC1.C1CCOC1.C1CCOC1.O=C1C=C([O-])C(=O)c2ccccc21.O=C1C=C([O-])C(=O)c2ccccc21.[Co+2].c1cnc2c(c1)ccc1cccnc12. The summed E-state index contributed by atoms with van der Waals surface area (Å²) < 4.78 is 14.8. The standard InChI is InChI=1S/C12H8N2.2C10H6O3.3C4H8O.Co/c1-3-9-5-6-10-4-2-8-14-12(10)11(9)13-7-1;2*11-8-5-9(12)10(13)7-4-2-1-3-6(7)8;3*1-2-4-5-3-1;/h1-8H;2*1-5,12H;3*1-4H2;/q;;;;;;+2/p-2. The number of benzene rings is 3. The number of carbonyl (C=O) groups is 4. The Labute approximate surface area is 335 Å². The first-order valence-corrected chi connectivity index (χ1v) is 18.3. The number of carbonyl (C=O) groups excluding carboxylic acids is 4. The van der Waals surface area contributed by atoms with Gasteiger partial charge in [0, 0.05) is 85.1 Å². The molecule has 56 heavy (non-hydrogen) atoms. The first-order valence-electron chi connectivity index (χ1n) is 18.3. The van der Waals surface area contributed by atoms with Crippen molar-refractivity contribution in [2.45, 2.75) is 38.5 Å². The van der Waals surface area contributed by atoms with Gasteiger partial charge in [-0.1, -0.05) is 84.3 Å². The third-order valence-electron chi connectivity index (χ3n) is 8.67. The average Bonchev–Trinajstić information content (AvgIpc) is 4.08. The average molecular weight is 802 g/mol. The zero-order valence-electron chi connectivity index (χ0n) is 30.8. The fourth-order valence-corrected chi connectivity index (χ4v) is 5.79. The predicted octanol–water partition coefficient (Wildman–Crippen LogP) is 5.79. The van der Waals surface area contributed by atoms with Crippen molar-refractivity contribution in [3.8, 4) is 0 Å². The molecule has 12 heteroatoms. The molecule has 291 valence electrons. The summed E-state index contributed by atoms with van der Waals surface area (Å²) in [5, 5.41) is 24.2.